The summed E-state index contributed by atoms with van der Waals surface area (Å²) in [7, 11) is 0. The molecule has 3 aromatic rings. The summed E-state index contributed by atoms with van der Waals surface area (Å²) in [5, 5.41) is 13.7. The Morgan fingerprint density at radius 3 is 3.07 bits per heavy atom. The molecule has 5 heteroatoms. The molecule has 0 amide bonds. The monoisotopic (exact) mass is 195 g/mol. The van der Waals surface area contributed by atoms with Gasteiger partial charge in [0.2, 0.25) is 0 Å². The van der Waals surface area contributed by atoms with E-state index in [0.717, 1.165) is 10.9 Å². The van der Waals surface area contributed by atoms with Crippen LogP contribution < -0.4 is 0 Å². The molecule has 5 nitrogen and oxygen atoms in total. The van der Waals surface area contributed by atoms with Crippen LogP contribution in [0, 0.1) is 11.3 Å². The average molecular weight is 195 g/mol. The molecule has 0 radical (unpaired) electrons. The van der Waals surface area contributed by atoms with Gasteiger partial charge in [-0.05, 0) is 12.1 Å². The minimum atomic E-state index is 0.568. The van der Waals surface area contributed by atoms with Crippen LogP contribution in [0.1, 0.15) is 5.56 Å². The fraction of sp³-hybridized carbons (Fsp3) is 0. The highest BCUT2D eigenvalue weighted by Gasteiger charge is 2.07. The molecule has 0 spiro atoms. The van der Waals surface area contributed by atoms with E-state index in [-0.39, 0.29) is 0 Å². The lowest BCUT2D eigenvalue weighted by molar-refractivity contribution is 0.934. The van der Waals surface area contributed by atoms with Gasteiger partial charge in [0.1, 0.15) is 12.7 Å². The molecular formula is C10H5N5. The standard InChI is InChI=1S/C10H5N5/c11-4-7-2-1-3-8-9(7)10-12-5-14-15(10)6-13-8/h1-3,5-6H. The number of hydrogen-bond donors (Lipinski definition) is 0. The van der Waals surface area contributed by atoms with E-state index in [1.54, 1.807) is 23.0 Å². The number of nitriles is 1. The Balaban J connectivity index is 2.66. The Labute approximate surface area is 84.6 Å². The molecule has 1 aromatic carbocycles. The SMILES string of the molecule is N#Cc1cccc2ncn3ncnc3c12. The highest BCUT2D eigenvalue weighted by Crippen LogP contribution is 2.19. The number of aromatic nitrogens is 4. The van der Waals surface area contributed by atoms with Crippen LogP contribution in [0.3, 0.4) is 0 Å². The van der Waals surface area contributed by atoms with E-state index in [9.17, 15) is 0 Å². The second-order valence-corrected chi connectivity index (χ2v) is 3.08. The molecule has 0 saturated carbocycles. The molecule has 3 rings (SSSR count). The predicted octanol–water partition coefficient (Wildman–Crippen LogP) is 1.15. The van der Waals surface area contributed by atoms with E-state index in [1.807, 2.05) is 6.07 Å². The van der Waals surface area contributed by atoms with Gasteiger partial charge in [-0.3, -0.25) is 0 Å². The van der Waals surface area contributed by atoms with E-state index < -0.39 is 0 Å². The minimum absolute atomic E-state index is 0.568. The molecule has 70 valence electrons. The third-order valence-electron chi connectivity index (χ3n) is 2.27. The quantitative estimate of drug-likeness (QED) is 0.539. The number of nitrogens with zero attached hydrogens (tertiary/aromatic N) is 5. The van der Waals surface area contributed by atoms with E-state index >= 15 is 0 Å². The molecular weight excluding hydrogens is 190 g/mol. The first-order chi connectivity index (χ1) is 7.40. The average Bonchev–Trinajstić information content (AvgIpc) is 2.76. The zero-order valence-electron chi connectivity index (χ0n) is 7.62. The summed E-state index contributed by atoms with van der Waals surface area (Å²) < 4.78 is 1.56. The first-order valence-corrected chi connectivity index (χ1v) is 4.37. The van der Waals surface area contributed by atoms with Crippen molar-refractivity contribution in [1.29, 1.82) is 5.26 Å². The van der Waals surface area contributed by atoms with Gasteiger partial charge >= 0.3 is 0 Å². The maximum atomic E-state index is 9.00. The molecule has 2 aromatic heterocycles. The van der Waals surface area contributed by atoms with Crippen LogP contribution in [-0.2, 0) is 0 Å². The van der Waals surface area contributed by atoms with Crippen molar-refractivity contribution in [1.82, 2.24) is 19.6 Å². The third kappa shape index (κ3) is 0.987. The topological polar surface area (TPSA) is 66.9 Å². The van der Waals surface area contributed by atoms with Crippen LogP contribution in [0.2, 0.25) is 0 Å². The highest BCUT2D eigenvalue weighted by molar-refractivity contribution is 5.95. The van der Waals surface area contributed by atoms with Crippen molar-refractivity contribution in [2.24, 2.45) is 0 Å². The van der Waals surface area contributed by atoms with Gasteiger partial charge in [-0.15, -0.1) is 0 Å². The molecule has 0 aliphatic rings. The highest BCUT2D eigenvalue weighted by atomic mass is 15.3. The maximum Gasteiger partial charge on any atom is 0.167 e. The molecule has 0 saturated heterocycles. The van der Waals surface area contributed by atoms with Crippen molar-refractivity contribution in [3.05, 3.63) is 36.4 Å². The lowest BCUT2D eigenvalue weighted by Gasteiger charge is -1.99. The Bertz CT molecular complexity index is 692. The van der Waals surface area contributed by atoms with Crippen LogP contribution in [0.25, 0.3) is 16.6 Å². The molecule has 2 heterocycles. The lowest BCUT2D eigenvalue weighted by atomic mass is 10.1. The van der Waals surface area contributed by atoms with Crippen LogP contribution in [0.5, 0.6) is 0 Å². The zero-order valence-corrected chi connectivity index (χ0v) is 7.62. The Hall–Kier alpha value is -2.48. The summed E-state index contributed by atoms with van der Waals surface area (Å²) in [5.74, 6) is 0. The number of hydrogen-bond acceptors (Lipinski definition) is 4. The van der Waals surface area contributed by atoms with Crippen LogP contribution in [0.4, 0.5) is 0 Å². The van der Waals surface area contributed by atoms with Crippen LogP contribution in [0.15, 0.2) is 30.9 Å². The van der Waals surface area contributed by atoms with Gasteiger partial charge in [0.25, 0.3) is 0 Å². The van der Waals surface area contributed by atoms with Gasteiger partial charge in [0, 0.05) is 0 Å². The van der Waals surface area contributed by atoms with Gasteiger partial charge in [-0.1, -0.05) is 6.07 Å². The van der Waals surface area contributed by atoms with E-state index in [1.165, 1.54) is 6.33 Å². The summed E-state index contributed by atoms with van der Waals surface area (Å²) in [6.07, 6.45) is 3.04. The molecule has 0 unspecified atom stereocenters. The minimum Gasteiger partial charge on any atom is -0.236 e. The van der Waals surface area contributed by atoms with Crippen molar-refractivity contribution >= 4 is 16.6 Å². The van der Waals surface area contributed by atoms with Gasteiger partial charge in [0.15, 0.2) is 5.65 Å². The fourth-order valence-electron chi connectivity index (χ4n) is 1.61. The lowest BCUT2D eigenvalue weighted by Crippen LogP contribution is -1.93. The van der Waals surface area contributed by atoms with E-state index in [2.05, 4.69) is 21.1 Å². The number of rotatable bonds is 0. The first kappa shape index (κ1) is 7.88. The summed E-state index contributed by atoms with van der Waals surface area (Å²) in [6.45, 7) is 0. The van der Waals surface area contributed by atoms with Crippen molar-refractivity contribution in [3.63, 3.8) is 0 Å². The molecule has 0 aliphatic carbocycles. The molecule has 0 aliphatic heterocycles. The van der Waals surface area contributed by atoms with Gasteiger partial charge in [-0.25, -0.2) is 14.5 Å². The Morgan fingerprint density at radius 1 is 1.27 bits per heavy atom. The third-order valence-corrected chi connectivity index (χ3v) is 2.27. The zero-order chi connectivity index (χ0) is 10.3. The predicted molar refractivity (Wildman–Crippen MR) is 53.0 cm³/mol. The molecule has 15 heavy (non-hydrogen) atoms. The van der Waals surface area contributed by atoms with Crippen molar-refractivity contribution in [2.75, 3.05) is 0 Å². The number of benzene rings is 1. The van der Waals surface area contributed by atoms with Crippen LogP contribution in [-0.4, -0.2) is 19.6 Å². The van der Waals surface area contributed by atoms with Crippen molar-refractivity contribution in [3.8, 4) is 6.07 Å². The summed E-state index contributed by atoms with van der Waals surface area (Å²) in [6, 6.07) is 7.54. The van der Waals surface area contributed by atoms with Gasteiger partial charge in [-0.2, -0.15) is 10.4 Å². The molecule has 0 N–H and O–H groups in total. The van der Waals surface area contributed by atoms with E-state index in [4.69, 9.17) is 5.26 Å². The van der Waals surface area contributed by atoms with E-state index in [0.29, 0.717) is 11.2 Å². The molecule has 0 fully saturated rings. The fourth-order valence-corrected chi connectivity index (χ4v) is 1.61. The van der Waals surface area contributed by atoms with Gasteiger partial charge in [0.05, 0.1) is 22.5 Å². The van der Waals surface area contributed by atoms with Crippen LogP contribution >= 0.6 is 0 Å². The summed E-state index contributed by atoms with van der Waals surface area (Å²) in [5.41, 5.74) is 1.99. The van der Waals surface area contributed by atoms with Gasteiger partial charge < -0.3 is 0 Å². The second kappa shape index (κ2) is 2.75. The summed E-state index contributed by atoms with van der Waals surface area (Å²) >= 11 is 0. The smallest absolute Gasteiger partial charge is 0.167 e. The normalized spacial score (nSPS) is 10.6. The largest absolute Gasteiger partial charge is 0.236 e. The van der Waals surface area contributed by atoms with Crippen molar-refractivity contribution < 1.29 is 0 Å². The van der Waals surface area contributed by atoms with Crippen molar-refractivity contribution in [2.45, 2.75) is 0 Å². The second-order valence-electron chi connectivity index (χ2n) is 3.08. The Kier molecular flexibility index (Phi) is 1.45. The summed E-state index contributed by atoms with van der Waals surface area (Å²) in [4.78, 5) is 8.32. The first-order valence-electron chi connectivity index (χ1n) is 4.37. The number of fused-ring (bicyclic) bond motifs is 3. The molecule has 0 bridgehead atoms. The Morgan fingerprint density at radius 2 is 2.20 bits per heavy atom. The molecule has 0 atom stereocenters. The maximum absolute atomic E-state index is 9.00.